The first-order chi connectivity index (χ1) is 11.4. The average molecular weight is 332 g/mol. The Morgan fingerprint density at radius 1 is 1.33 bits per heavy atom. The summed E-state index contributed by atoms with van der Waals surface area (Å²) in [7, 11) is 0. The summed E-state index contributed by atoms with van der Waals surface area (Å²) in [6.07, 6.45) is 0. The highest BCUT2D eigenvalue weighted by Crippen LogP contribution is 2.28. The number of morpholine rings is 1. The van der Waals surface area contributed by atoms with Crippen molar-refractivity contribution in [3.8, 4) is 0 Å². The molecule has 0 amide bonds. The second kappa shape index (κ2) is 5.38. The van der Waals surface area contributed by atoms with Crippen LogP contribution in [0.3, 0.4) is 0 Å². The van der Waals surface area contributed by atoms with Crippen LogP contribution in [0.4, 0.5) is 11.6 Å². The summed E-state index contributed by atoms with van der Waals surface area (Å²) in [6, 6.07) is 1.51. The van der Waals surface area contributed by atoms with Crippen molar-refractivity contribution in [3.63, 3.8) is 0 Å². The topological polar surface area (TPSA) is 105 Å². The van der Waals surface area contributed by atoms with Gasteiger partial charge < -0.3 is 20.1 Å². The van der Waals surface area contributed by atoms with E-state index < -0.39 is 5.60 Å². The van der Waals surface area contributed by atoms with Gasteiger partial charge in [-0.05, 0) is 13.8 Å². The number of hydrogen-bond acceptors (Lipinski definition) is 8. The van der Waals surface area contributed by atoms with E-state index in [0.717, 1.165) is 13.1 Å². The van der Waals surface area contributed by atoms with Gasteiger partial charge in [0.05, 0.1) is 31.4 Å². The number of nitrogens with one attached hydrogen (secondary N) is 1. The van der Waals surface area contributed by atoms with Crippen molar-refractivity contribution in [1.82, 2.24) is 19.7 Å². The van der Waals surface area contributed by atoms with Crippen LogP contribution in [-0.2, 0) is 11.3 Å². The maximum Gasteiger partial charge on any atom is 0.349 e. The summed E-state index contributed by atoms with van der Waals surface area (Å²) in [5.74, 6) is 1.26. The number of fused-ring (bicyclic) bond motifs is 3. The molecule has 2 aromatic rings. The molecule has 0 spiro atoms. The zero-order chi connectivity index (χ0) is 16.9. The minimum atomic E-state index is -0.966. The maximum absolute atomic E-state index is 12.3. The SMILES string of the molecule is CC(C)(O)C1Cn2c(c3nnc(N4CCOCC4)cc3nc2=O)N1. The summed E-state index contributed by atoms with van der Waals surface area (Å²) >= 11 is 0. The minimum absolute atomic E-state index is 0.279. The van der Waals surface area contributed by atoms with Crippen molar-refractivity contribution in [1.29, 1.82) is 0 Å². The lowest BCUT2D eigenvalue weighted by Crippen LogP contribution is -2.41. The summed E-state index contributed by atoms with van der Waals surface area (Å²) in [4.78, 5) is 18.5. The molecule has 2 N–H and O–H groups in total. The predicted molar refractivity (Wildman–Crippen MR) is 88.3 cm³/mol. The molecule has 0 radical (unpaired) electrons. The lowest BCUT2D eigenvalue weighted by Gasteiger charge is -2.27. The highest BCUT2D eigenvalue weighted by atomic mass is 16.5. The van der Waals surface area contributed by atoms with Gasteiger partial charge in [0.25, 0.3) is 0 Å². The lowest BCUT2D eigenvalue weighted by molar-refractivity contribution is 0.0576. The molecule has 128 valence electrons. The Labute approximate surface area is 138 Å². The van der Waals surface area contributed by atoms with Crippen LogP contribution < -0.4 is 15.9 Å². The normalized spacial score (nSPS) is 21.0. The van der Waals surface area contributed by atoms with E-state index in [1.165, 1.54) is 4.57 Å². The first-order valence-electron chi connectivity index (χ1n) is 8.03. The fourth-order valence-electron chi connectivity index (χ4n) is 3.07. The molecule has 9 nitrogen and oxygen atoms in total. The van der Waals surface area contributed by atoms with Crippen molar-refractivity contribution in [2.75, 3.05) is 36.5 Å². The van der Waals surface area contributed by atoms with Crippen molar-refractivity contribution in [3.05, 3.63) is 16.6 Å². The molecule has 1 atom stereocenters. The fourth-order valence-corrected chi connectivity index (χ4v) is 3.07. The molecule has 0 aromatic carbocycles. The van der Waals surface area contributed by atoms with Crippen LogP contribution in [0.2, 0.25) is 0 Å². The summed E-state index contributed by atoms with van der Waals surface area (Å²) in [5, 5.41) is 22.0. The zero-order valence-electron chi connectivity index (χ0n) is 13.7. The highest BCUT2D eigenvalue weighted by Gasteiger charge is 2.35. The van der Waals surface area contributed by atoms with E-state index >= 15 is 0 Å². The van der Waals surface area contributed by atoms with Gasteiger partial charge in [0.15, 0.2) is 11.3 Å². The molecular formula is C15H20N6O3. The molecule has 2 aromatic heterocycles. The third kappa shape index (κ3) is 2.49. The van der Waals surface area contributed by atoms with Crippen molar-refractivity contribution in [2.24, 2.45) is 0 Å². The number of rotatable bonds is 2. The van der Waals surface area contributed by atoms with Gasteiger partial charge in [-0.15, -0.1) is 10.2 Å². The van der Waals surface area contributed by atoms with Gasteiger partial charge in [0, 0.05) is 19.2 Å². The van der Waals surface area contributed by atoms with E-state index in [2.05, 4.69) is 25.4 Å². The number of hydrogen-bond donors (Lipinski definition) is 2. The van der Waals surface area contributed by atoms with Gasteiger partial charge in [0.1, 0.15) is 11.3 Å². The van der Waals surface area contributed by atoms with Crippen LogP contribution in [0, 0.1) is 0 Å². The molecule has 2 aliphatic rings. The van der Waals surface area contributed by atoms with Gasteiger partial charge in [-0.1, -0.05) is 0 Å². The molecular weight excluding hydrogens is 312 g/mol. The van der Waals surface area contributed by atoms with Crippen molar-refractivity contribution >= 4 is 22.7 Å². The molecule has 1 unspecified atom stereocenters. The second-order valence-electron chi connectivity index (χ2n) is 6.74. The molecule has 0 saturated carbocycles. The number of anilines is 2. The second-order valence-corrected chi connectivity index (χ2v) is 6.74. The molecule has 4 heterocycles. The van der Waals surface area contributed by atoms with Crippen LogP contribution in [0.5, 0.6) is 0 Å². The Bertz CT molecular complexity index is 837. The van der Waals surface area contributed by atoms with E-state index in [-0.39, 0.29) is 11.7 Å². The maximum atomic E-state index is 12.3. The Balaban J connectivity index is 1.76. The van der Waals surface area contributed by atoms with Gasteiger partial charge in [0.2, 0.25) is 0 Å². The molecule has 0 bridgehead atoms. The molecule has 9 heteroatoms. The van der Waals surface area contributed by atoms with Gasteiger partial charge in [-0.25, -0.2) is 4.79 Å². The third-order valence-electron chi connectivity index (χ3n) is 4.57. The molecule has 24 heavy (non-hydrogen) atoms. The smallest absolute Gasteiger partial charge is 0.349 e. The zero-order valence-corrected chi connectivity index (χ0v) is 13.7. The van der Waals surface area contributed by atoms with E-state index in [4.69, 9.17) is 4.74 Å². The summed E-state index contributed by atoms with van der Waals surface area (Å²) in [5.41, 5.74) is -0.269. The molecule has 0 aliphatic carbocycles. The van der Waals surface area contributed by atoms with Gasteiger partial charge in [-0.2, -0.15) is 4.98 Å². The van der Waals surface area contributed by atoms with Crippen LogP contribution in [0.1, 0.15) is 13.8 Å². The number of nitrogens with zero attached hydrogens (tertiary/aromatic N) is 5. The van der Waals surface area contributed by atoms with Gasteiger partial charge >= 0.3 is 5.69 Å². The van der Waals surface area contributed by atoms with Crippen molar-refractivity contribution < 1.29 is 9.84 Å². The average Bonchev–Trinajstić information content (AvgIpc) is 3.02. The van der Waals surface area contributed by atoms with E-state index in [1.54, 1.807) is 19.9 Å². The summed E-state index contributed by atoms with van der Waals surface area (Å²) in [6.45, 7) is 6.54. The first-order valence-corrected chi connectivity index (χ1v) is 8.03. The van der Waals surface area contributed by atoms with Gasteiger partial charge in [-0.3, -0.25) is 4.57 Å². The van der Waals surface area contributed by atoms with Crippen LogP contribution in [0.25, 0.3) is 11.0 Å². The predicted octanol–water partition coefficient (Wildman–Crippen LogP) is -0.412. The van der Waals surface area contributed by atoms with Crippen LogP contribution >= 0.6 is 0 Å². The summed E-state index contributed by atoms with van der Waals surface area (Å²) < 4.78 is 6.85. The van der Waals surface area contributed by atoms with Crippen LogP contribution in [-0.4, -0.2) is 62.8 Å². The minimum Gasteiger partial charge on any atom is -0.388 e. The van der Waals surface area contributed by atoms with E-state index in [0.29, 0.717) is 42.4 Å². The lowest BCUT2D eigenvalue weighted by atomic mass is 10.00. The quantitative estimate of drug-likeness (QED) is 0.764. The number of ether oxygens (including phenoxy) is 1. The Morgan fingerprint density at radius 2 is 2.08 bits per heavy atom. The van der Waals surface area contributed by atoms with E-state index in [1.807, 2.05) is 0 Å². The van der Waals surface area contributed by atoms with Crippen molar-refractivity contribution in [2.45, 2.75) is 32.0 Å². The standard InChI is InChI=1S/C15H20N6O3/c1-15(2,23)10-8-21-13(17-10)12-9(16-14(21)22)7-11(18-19-12)20-3-5-24-6-4-20/h7,10,17,23H,3-6,8H2,1-2H3. The van der Waals surface area contributed by atoms with Crippen LogP contribution in [0.15, 0.2) is 10.9 Å². The first kappa shape index (κ1) is 15.3. The monoisotopic (exact) mass is 332 g/mol. The molecule has 1 fully saturated rings. The molecule has 1 saturated heterocycles. The molecule has 2 aliphatic heterocycles. The Morgan fingerprint density at radius 3 is 2.79 bits per heavy atom. The molecule has 4 rings (SSSR count). The Kier molecular flexibility index (Phi) is 3.43. The number of aliphatic hydroxyl groups is 1. The highest BCUT2D eigenvalue weighted by molar-refractivity contribution is 5.87. The third-order valence-corrected chi connectivity index (χ3v) is 4.57. The fraction of sp³-hybridized carbons (Fsp3) is 0.600. The largest absolute Gasteiger partial charge is 0.388 e. The van der Waals surface area contributed by atoms with E-state index in [9.17, 15) is 9.90 Å². The number of aromatic nitrogens is 4. The Hall–Kier alpha value is -2.26.